The third kappa shape index (κ3) is 2.09. The molecule has 0 saturated heterocycles. The van der Waals surface area contributed by atoms with E-state index in [9.17, 15) is 0 Å². The lowest BCUT2D eigenvalue weighted by molar-refractivity contribution is 0.356. The van der Waals surface area contributed by atoms with Crippen molar-refractivity contribution in [1.82, 2.24) is 0 Å². The van der Waals surface area contributed by atoms with E-state index in [-0.39, 0.29) is 0 Å². The lowest BCUT2D eigenvalue weighted by atomic mass is 9.87. The molecule has 1 nitrogen and oxygen atoms in total. The van der Waals surface area contributed by atoms with Gasteiger partial charge in [0.1, 0.15) is 5.75 Å². The normalized spacial score (nSPS) is 15.1. The Morgan fingerprint density at radius 2 is 2.07 bits per heavy atom. The molecule has 2 rings (SSSR count). The van der Waals surface area contributed by atoms with Gasteiger partial charge in [0.2, 0.25) is 0 Å². The Bertz CT molecular complexity index is 334. The van der Waals surface area contributed by atoms with Crippen LogP contribution in [-0.4, -0.2) is 6.61 Å². The second-order valence-corrected chi connectivity index (χ2v) is 5.28. The van der Waals surface area contributed by atoms with Crippen LogP contribution in [-0.2, 0) is 12.8 Å². The average molecular weight is 190 g/mol. The monoisotopic (exact) mass is 190 g/mol. The highest BCUT2D eigenvalue weighted by Crippen LogP contribution is 2.28. The van der Waals surface area contributed by atoms with Gasteiger partial charge < -0.3 is 4.74 Å². The van der Waals surface area contributed by atoms with Crippen LogP contribution in [0.1, 0.15) is 31.9 Å². The summed E-state index contributed by atoms with van der Waals surface area (Å²) in [4.78, 5) is 0. The minimum atomic E-state index is 0.369. The molecule has 0 radical (unpaired) electrons. The maximum absolute atomic E-state index is 5.48. The Morgan fingerprint density at radius 1 is 1.29 bits per heavy atom. The summed E-state index contributed by atoms with van der Waals surface area (Å²) >= 11 is 0. The maximum atomic E-state index is 5.48. The lowest BCUT2D eigenvalue weighted by Gasteiger charge is -2.18. The fraction of sp³-hybridized carbons (Fsp3) is 0.538. The maximum Gasteiger partial charge on any atom is 0.122 e. The molecule has 0 unspecified atom stereocenters. The molecule has 1 heterocycles. The van der Waals surface area contributed by atoms with Crippen LogP contribution in [0.2, 0.25) is 0 Å². The van der Waals surface area contributed by atoms with Gasteiger partial charge in [-0.2, -0.15) is 0 Å². The molecule has 0 fully saturated rings. The summed E-state index contributed by atoms with van der Waals surface area (Å²) in [7, 11) is 0. The van der Waals surface area contributed by atoms with Gasteiger partial charge in [-0.05, 0) is 29.0 Å². The Labute approximate surface area is 86.1 Å². The van der Waals surface area contributed by atoms with Crippen molar-refractivity contribution in [3.63, 3.8) is 0 Å². The van der Waals surface area contributed by atoms with Crippen LogP contribution in [0.5, 0.6) is 5.75 Å². The van der Waals surface area contributed by atoms with E-state index in [1.165, 1.54) is 11.1 Å². The summed E-state index contributed by atoms with van der Waals surface area (Å²) in [5.74, 6) is 1.09. The van der Waals surface area contributed by atoms with Crippen molar-refractivity contribution < 1.29 is 4.74 Å². The van der Waals surface area contributed by atoms with Crippen molar-refractivity contribution in [2.24, 2.45) is 5.41 Å². The smallest absolute Gasteiger partial charge is 0.122 e. The number of rotatable bonds is 1. The molecular formula is C13H18O. The number of fused-ring (bicyclic) bond motifs is 1. The van der Waals surface area contributed by atoms with E-state index in [2.05, 4.69) is 39.0 Å². The minimum Gasteiger partial charge on any atom is -0.493 e. The molecule has 0 amide bonds. The highest BCUT2D eigenvalue weighted by molar-refractivity contribution is 5.40. The first-order chi connectivity index (χ1) is 6.54. The van der Waals surface area contributed by atoms with E-state index in [1.54, 1.807) is 0 Å². The van der Waals surface area contributed by atoms with Crippen LogP contribution in [0, 0.1) is 5.41 Å². The predicted octanol–water partition coefficient (Wildman–Crippen LogP) is 3.21. The van der Waals surface area contributed by atoms with E-state index >= 15 is 0 Å². The molecule has 0 spiro atoms. The molecule has 0 bridgehead atoms. The van der Waals surface area contributed by atoms with Crippen molar-refractivity contribution in [3.05, 3.63) is 29.3 Å². The zero-order valence-corrected chi connectivity index (χ0v) is 9.26. The molecule has 0 atom stereocenters. The van der Waals surface area contributed by atoms with Gasteiger partial charge in [0, 0.05) is 6.42 Å². The topological polar surface area (TPSA) is 9.23 Å². The van der Waals surface area contributed by atoms with Gasteiger partial charge >= 0.3 is 0 Å². The van der Waals surface area contributed by atoms with Crippen LogP contribution in [0.25, 0.3) is 0 Å². The highest BCUT2D eigenvalue weighted by Gasteiger charge is 2.15. The number of hydrogen-bond donors (Lipinski definition) is 0. The molecule has 1 aliphatic heterocycles. The second-order valence-electron chi connectivity index (χ2n) is 5.28. The van der Waals surface area contributed by atoms with Crippen molar-refractivity contribution in [2.75, 3.05) is 6.61 Å². The van der Waals surface area contributed by atoms with Crippen LogP contribution in [0.15, 0.2) is 18.2 Å². The van der Waals surface area contributed by atoms with E-state index < -0.39 is 0 Å². The summed E-state index contributed by atoms with van der Waals surface area (Å²) in [5, 5.41) is 0. The molecular weight excluding hydrogens is 172 g/mol. The molecule has 0 aliphatic carbocycles. The standard InChI is InChI=1S/C13H18O/c1-13(2,3)9-10-4-5-12-11(8-10)6-7-14-12/h4-5,8H,6-7,9H2,1-3H3. The molecule has 1 aromatic rings. The Morgan fingerprint density at radius 3 is 2.79 bits per heavy atom. The lowest BCUT2D eigenvalue weighted by Crippen LogP contribution is -2.09. The third-order valence-electron chi connectivity index (χ3n) is 2.49. The molecule has 1 aromatic carbocycles. The van der Waals surface area contributed by atoms with Gasteiger partial charge in [-0.25, -0.2) is 0 Å². The zero-order chi connectivity index (χ0) is 10.2. The largest absolute Gasteiger partial charge is 0.493 e. The van der Waals surface area contributed by atoms with Crippen LogP contribution < -0.4 is 4.74 Å². The van der Waals surface area contributed by atoms with Crippen molar-refractivity contribution >= 4 is 0 Å². The Balaban J connectivity index is 2.21. The number of ether oxygens (including phenoxy) is 1. The summed E-state index contributed by atoms with van der Waals surface area (Å²) in [5.41, 5.74) is 3.18. The quantitative estimate of drug-likeness (QED) is 0.660. The molecule has 1 aliphatic rings. The first-order valence-corrected chi connectivity index (χ1v) is 5.29. The number of benzene rings is 1. The van der Waals surface area contributed by atoms with Gasteiger partial charge in [0.15, 0.2) is 0 Å². The SMILES string of the molecule is CC(C)(C)Cc1ccc2c(c1)CCO2. The first kappa shape index (κ1) is 9.57. The summed E-state index contributed by atoms with van der Waals surface area (Å²) in [6.07, 6.45) is 2.22. The van der Waals surface area contributed by atoms with E-state index in [4.69, 9.17) is 4.74 Å². The molecule has 0 saturated carbocycles. The fourth-order valence-corrected chi connectivity index (χ4v) is 1.96. The highest BCUT2D eigenvalue weighted by atomic mass is 16.5. The molecule has 14 heavy (non-hydrogen) atoms. The van der Waals surface area contributed by atoms with Crippen molar-refractivity contribution in [2.45, 2.75) is 33.6 Å². The van der Waals surface area contributed by atoms with E-state index in [1.807, 2.05) is 0 Å². The van der Waals surface area contributed by atoms with E-state index in [0.29, 0.717) is 5.41 Å². The van der Waals surface area contributed by atoms with Gasteiger partial charge in [0.05, 0.1) is 6.61 Å². The van der Waals surface area contributed by atoms with E-state index in [0.717, 1.165) is 25.2 Å². The second kappa shape index (κ2) is 3.30. The van der Waals surface area contributed by atoms with Crippen molar-refractivity contribution in [1.29, 1.82) is 0 Å². The summed E-state index contributed by atoms with van der Waals surface area (Å²) in [6, 6.07) is 6.60. The Kier molecular flexibility index (Phi) is 2.26. The summed E-state index contributed by atoms with van der Waals surface area (Å²) in [6.45, 7) is 7.68. The van der Waals surface area contributed by atoms with Gasteiger partial charge in [-0.1, -0.05) is 32.9 Å². The fourth-order valence-electron chi connectivity index (χ4n) is 1.96. The molecule has 0 N–H and O–H groups in total. The van der Waals surface area contributed by atoms with Crippen LogP contribution in [0.4, 0.5) is 0 Å². The Hall–Kier alpha value is -0.980. The molecule has 76 valence electrons. The van der Waals surface area contributed by atoms with Gasteiger partial charge in [0.25, 0.3) is 0 Å². The summed E-state index contributed by atoms with van der Waals surface area (Å²) < 4.78 is 5.48. The predicted molar refractivity (Wildman–Crippen MR) is 58.8 cm³/mol. The average Bonchev–Trinajstić information content (AvgIpc) is 2.47. The molecule has 1 heteroatoms. The first-order valence-electron chi connectivity index (χ1n) is 5.29. The third-order valence-corrected chi connectivity index (χ3v) is 2.49. The van der Waals surface area contributed by atoms with Crippen LogP contribution in [0.3, 0.4) is 0 Å². The molecule has 0 aromatic heterocycles. The van der Waals surface area contributed by atoms with Crippen molar-refractivity contribution in [3.8, 4) is 5.75 Å². The van der Waals surface area contributed by atoms with Gasteiger partial charge in [-0.3, -0.25) is 0 Å². The van der Waals surface area contributed by atoms with Gasteiger partial charge in [-0.15, -0.1) is 0 Å². The van der Waals surface area contributed by atoms with Crippen LogP contribution >= 0.6 is 0 Å². The minimum absolute atomic E-state index is 0.369. The number of hydrogen-bond acceptors (Lipinski definition) is 1. The zero-order valence-electron chi connectivity index (χ0n) is 9.26.